The van der Waals surface area contributed by atoms with E-state index in [0.29, 0.717) is 43.9 Å². The van der Waals surface area contributed by atoms with Crippen LogP contribution in [0.1, 0.15) is 36.5 Å². The third kappa shape index (κ3) is 2.39. The van der Waals surface area contributed by atoms with Crippen LogP contribution in [0.4, 0.5) is 8.78 Å². The number of piperidine rings is 1. The predicted molar refractivity (Wildman–Crippen MR) is 74.7 cm³/mol. The lowest BCUT2D eigenvalue weighted by Gasteiger charge is -2.32. The van der Waals surface area contributed by atoms with Crippen molar-refractivity contribution in [1.29, 1.82) is 0 Å². The van der Waals surface area contributed by atoms with Crippen LogP contribution < -0.4 is 4.74 Å². The molecule has 1 amide bonds. The van der Waals surface area contributed by atoms with Gasteiger partial charge in [0, 0.05) is 24.9 Å². The van der Waals surface area contributed by atoms with Crippen molar-refractivity contribution in [3.63, 3.8) is 0 Å². The summed E-state index contributed by atoms with van der Waals surface area (Å²) < 4.78 is 32.2. The van der Waals surface area contributed by atoms with Crippen LogP contribution in [0.5, 0.6) is 5.75 Å². The van der Waals surface area contributed by atoms with Gasteiger partial charge in [0.1, 0.15) is 5.75 Å². The molecule has 0 unspecified atom stereocenters. The Morgan fingerprint density at radius 2 is 1.90 bits per heavy atom. The summed E-state index contributed by atoms with van der Waals surface area (Å²) in [6, 6.07) is 7.09. The van der Waals surface area contributed by atoms with Crippen LogP contribution in [0.3, 0.4) is 0 Å². The number of ether oxygens (including phenoxy) is 1. The van der Waals surface area contributed by atoms with Gasteiger partial charge in [0.25, 0.3) is 11.8 Å². The van der Waals surface area contributed by atoms with E-state index >= 15 is 0 Å². The van der Waals surface area contributed by atoms with Crippen LogP contribution in [0.2, 0.25) is 0 Å². The first-order chi connectivity index (χ1) is 9.99. The number of benzene rings is 1. The highest BCUT2D eigenvalue weighted by Gasteiger charge is 2.70. The standard InChI is InChI=1S/C16H19F2NO2/c1-2-21-13-6-4-3-5-12(13)14(20)19-9-7-15(8-10-19)11-16(15,17)18/h3-6H,2,7-11H2,1H3. The van der Waals surface area contributed by atoms with Crippen molar-refractivity contribution in [2.45, 2.75) is 32.1 Å². The van der Waals surface area contributed by atoms with Gasteiger partial charge in [-0.15, -0.1) is 0 Å². The van der Waals surface area contributed by atoms with E-state index in [1.807, 2.05) is 13.0 Å². The van der Waals surface area contributed by atoms with Gasteiger partial charge < -0.3 is 9.64 Å². The average Bonchev–Trinajstić information content (AvgIpc) is 3.00. The first kappa shape index (κ1) is 14.3. The van der Waals surface area contributed by atoms with Crippen LogP contribution in [0.25, 0.3) is 0 Å². The van der Waals surface area contributed by atoms with E-state index < -0.39 is 11.3 Å². The van der Waals surface area contributed by atoms with Gasteiger partial charge in [0.15, 0.2) is 0 Å². The number of para-hydroxylation sites is 1. The Labute approximate surface area is 122 Å². The van der Waals surface area contributed by atoms with Gasteiger partial charge >= 0.3 is 0 Å². The van der Waals surface area contributed by atoms with E-state index in [9.17, 15) is 13.6 Å². The lowest BCUT2D eigenvalue weighted by atomic mass is 9.92. The average molecular weight is 295 g/mol. The van der Waals surface area contributed by atoms with Gasteiger partial charge in [0.05, 0.1) is 12.2 Å². The maximum Gasteiger partial charge on any atom is 0.257 e. The molecule has 3 nitrogen and oxygen atoms in total. The molecule has 21 heavy (non-hydrogen) atoms. The Bertz CT molecular complexity index is 551. The van der Waals surface area contributed by atoms with Crippen molar-refractivity contribution >= 4 is 5.91 Å². The zero-order valence-corrected chi connectivity index (χ0v) is 12.1. The molecule has 114 valence electrons. The smallest absolute Gasteiger partial charge is 0.257 e. The van der Waals surface area contributed by atoms with E-state index in [0.717, 1.165) is 0 Å². The number of carbonyl (C=O) groups excluding carboxylic acids is 1. The number of carbonyl (C=O) groups is 1. The van der Waals surface area contributed by atoms with Gasteiger partial charge in [-0.1, -0.05) is 12.1 Å². The maximum absolute atomic E-state index is 13.4. The van der Waals surface area contributed by atoms with Crippen molar-refractivity contribution in [3.05, 3.63) is 29.8 Å². The molecule has 1 saturated heterocycles. The van der Waals surface area contributed by atoms with Crippen molar-refractivity contribution in [2.24, 2.45) is 5.41 Å². The second-order valence-electron chi connectivity index (χ2n) is 5.88. The minimum atomic E-state index is -2.52. The Morgan fingerprint density at radius 3 is 2.48 bits per heavy atom. The van der Waals surface area contributed by atoms with Gasteiger partial charge in [-0.2, -0.15) is 0 Å². The van der Waals surface area contributed by atoms with Crippen molar-refractivity contribution in [2.75, 3.05) is 19.7 Å². The third-order valence-corrected chi connectivity index (χ3v) is 4.64. The molecular weight excluding hydrogens is 276 g/mol. The second kappa shape index (κ2) is 4.97. The highest BCUT2D eigenvalue weighted by Crippen LogP contribution is 2.65. The number of amides is 1. The van der Waals surface area contributed by atoms with Gasteiger partial charge in [-0.05, 0) is 31.9 Å². The molecule has 1 aliphatic heterocycles. The van der Waals surface area contributed by atoms with Crippen molar-refractivity contribution < 1.29 is 18.3 Å². The first-order valence-corrected chi connectivity index (χ1v) is 7.38. The van der Waals surface area contributed by atoms with Gasteiger partial charge in [0.2, 0.25) is 0 Å². The van der Waals surface area contributed by atoms with Crippen LogP contribution in [0, 0.1) is 5.41 Å². The van der Waals surface area contributed by atoms with Gasteiger partial charge in [-0.3, -0.25) is 4.79 Å². The molecule has 2 aliphatic rings. The maximum atomic E-state index is 13.4. The fourth-order valence-corrected chi connectivity index (χ4v) is 3.16. The van der Waals surface area contributed by atoms with Gasteiger partial charge in [-0.25, -0.2) is 8.78 Å². The van der Waals surface area contributed by atoms with E-state index in [4.69, 9.17) is 4.74 Å². The molecule has 1 aliphatic carbocycles. The van der Waals surface area contributed by atoms with Crippen molar-refractivity contribution in [3.8, 4) is 5.75 Å². The molecule has 0 aromatic heterocycles. The number of hydrogen-bond acceptors (Lipinski definition) is 2. The Kier molecular flexibility index (Phi) is 3.38. The summed E-state index contributed by atoms with van der Waals surface area (Å²) in [4.78, 5) is 14.2. The topological polar surface area (TPSA) is 29.5 Å². The van der Waals surface area contributed by atoms with E-state index in [-0.39, 0.29) is 12.3 Å². The number of hydrogen-bond donors (Lipinski definition) is 0. The minimum absolute atomic E-state index is 0.0163. The molecule has 1 heterocycles. The molecule has 3 rings (SSSR count). The predicted octanol–water partition coefficient (Wildman–Crippen LogP) is 3.35. The molecule has 0 atom stereocenters. The zero-order valence-electron chi connectivity index (χ0n) is 12.1. The summed E-state index contributed by atoms with van der Waals surface area (Å²) in [6.07, 6.45) is 0.767. The normalized spacial score (nSPS) is 22.1. The highest BCUT2D eigenvalue weighted by molar-refractivity contribution is 5.97. The fraction of sp³-hybridized carbons (Fsp3) is 0.562. The number of alkyl halides is 2. The zero-order chi connectivity index (χ0) is 15.1. The Hall–Kier alpha value is -1.65. The monoisotopic (exact) mass is 295 g/mol. The molecule has 2 fully saturated rings. The molecule has 1 saturated carbocycles. The number of likely N-dealkylation sites (tertiary alicyclic amines) is 1. The SMILES string of the molecule is CCOc1ccccc1C(=O)N1CCC2(CC1)CC2(F)F. The molecule has 1 aromatic carbocycles. The summed E-state index contributed by atoms with van der Waals surface area (Å²) >= 11 is 0. The minimum Gasteiger partial charge on any atom is -0.493 e. The lowest BCUT2D eigenvalue weighted by Crippen LogP contribution is -2.40. The molecule has 5 heteroatoms. The summed E-state index contributed by atoms with van der Waals surface area (Å²) in [5.41, 5.74) is -0.318. The lowest BCUT2D eigenvalue weighted by molar-refractivity contribution is 0.0283. The Morgan fingerprint density at radius 1 is 1.29 bits per heavy atom. The third-order valence-electron chi connectivity index (χ3n) is 4.64. The largest absolute Gasteiger partial charge is 0.493 e. The molecule has 0 N–H and O–H groups in total. The van der Waals surface area contributed by atoms with E-state index in [1.165, 1.54) is 0 Å². The van der Waals surface area contributed by atoms with E-state index in [2.05, 4.69) is 0 Å². The summed E-state index contributed by atoms with van der Waals surface area (Å²) in [5.74, 6) is -2.09. The number of halogens is 2. The Balaban J connectivity index is 1.70. The summed E-state index contributed by atoms with van der Waals surface area (Å²) in [7, 11) is 0. The molecular formula is C16H19F2NO2. The molecule has 1 spiro atoms. The molecule has 1 aromatic rings. The van der Waals surface area contributed by atoms with Crippen LogP contribution >= 0.6 is 0 Å². The fourth-order valence-electron chi connectivity index (χ4n) is 3.16. The highest BCUT2D eigenvalue weighted by atomic mass is 19.3. The molecule has 0 bridgehead atoms. The quantitative estimate of drug-likeness (QED) is 0.856. The van der Waals surface area contributed by atoms with Crippen LogP contribution in [-0.4, -0.2) is 36.4 Å². The number of nitrogens with zero attached hydrogens (tertiary/aromatic N) is 1. The first-order valence-electron chi connectivity index (χ1n) is 7.38. The van der Waals surface area contributed by atoms with E-state index in [1.54, 1.807) is 23.1 Å². The van der Waals surface area contributed by atoms with Crippen molar-refractivity contribution in [1.82, 2.24) is 4.90 Å². The van der Waals surface area contributed by atoms with Crippen LogP contribution in [-0.2, 0) is 0 Å². The summed E-state index contributed by atoms with van der Waals surface area (Å²) in [5, 5.41) is 0. The van der Waals surface area contributed by atoms with Crippen LogP contribution in [0.15, 0.2) is 24.3 Å². The molecule has 0 radical (unpaired) electrons. The second-order valence-corrected chi connectivity index (χ2v) is 5.88. The number of rotatable bonds is 3. The summed E-state index contributed by atoms with van der Waals surface area (Å²) in [6.45, 7) is 3.14.